The monoisotopic (exact) mass is 204 g/mol. The SMILES string of the molecule is C=C1CC[C@@H](C)C23CCC[C@@]2(C)CC13C. The molecule has 4 atom stereocenters. The molecular formula is C15H24. The molecule has 0 aromatic heterocycles. The Morgan fingerprint density at radius 1 is 1.27 bits per heavy atom. The van der Waals surface area contributed by atoms with Crippen LogP contribution in [0.1, 0.15) is 59.3 Å². The van der Waals surface area contributed by atoms with E-state index in [-0.39, 0.29) is 0 Å². The number of rotatable bonds is 0. The van der Waals surface area contributed by atoms with Gasteiger partial charge in [0.05, 0.1) is 0 Å². The Balaban J connectivity index is 2.11. The van der Waals surface area contributed by atoms with Crippen molar-refractivity contribution in [2.75, 3.05) is 0 Å². The number of allylic oxidation sites excluding steroid dienone is 1. The smallest absolute Gasteiger partial charge is 0.00495 e. The van der Waals surface area contributed by atoms with Gasteiger partial charge < -0.3 is 0 Å². The van der Waals surface area contributed by atoms with Crippen LogP contribution < -0.4 is 0 Å². The van der Waals surface area contributed by atoms with Crippen LogP contribution in [0, 0.1) is 22.2 Å². The third-order valence-corrected chi connectivity index (χ3v) is 6.61. The predicted molar refractivity (Wildman–Crippen MR) is 64.7 cm³/mol. The summed E-state index contributed by atoms with van der Waals surface area (Å²) in [4.78, 5) is 0. The van der Waals surface area contributed by atoms with Crippen molar-refractivity contribution < 1.29 is 0 Å². The molecule has 0 heteroatoms. The van der Waals surface area contributed by atoms with Gasteiger partial charge in [0.1, 0.15) is 0 Å². The summed E-state index contributed by atoms with van der Waals surface area (Å²) < 4.78 is 0. The fourth-order valence-corrected chi connectivity index (χ4v) is 6.04. The van der Waals surface area contributed by atoms with Crippen LogP contribution in [-0.4, -0.2) is 0 Å². The minimum atomic E-state index is 0.496. The van der Waals surface area contributed by atoms with E-state index in [0.29, 0.717) is 16.2 Å². The van der Waals surface area contributed by atoms with E-state index < -0.39 is 0 Å². The number of hydrogen-bond donors (Lipinski definition) is 0. The molecule has 0 amide bonds. The highest BCUT2D eigenvalue weighted by Gasteiger charge is 2.73. The van der Waals surface area contributed by atoms with Crippen molar-refractivity contribution >= 4 is 0 Å². The van der Waals surface area contributed by atoms with Gasteiger partial charge in [-0.05, 0) is 54.3 Å². The molecule has 3 aliphatic rings. The van der Waals surface area contributed by atoms with E-state index >= 15 is 0 Å². The Morgan fingerprint density at radius 3 is 2.67 bits per heavy atom. The maximum Gasteiger partial charge on any atom is -0.00495 e. The second-order valence-corrected chi connectivity index (χ2v) is 6.94. The van der Waals surface area contributed by atoms with Crippen molar-refractivity contribution in [1.29, 1.82) is 0 Å². The molecule has 15 heavy (non-hydrogen) atoms. The molecule has 3 rings (SSSR count). The van der Waals surface area contributed by atoms with E-state index in [2.05, 4.69) is 27.4 Å². The van der Waals surface area contributed by atoms with Crippen LogP contribution in [0.4, 0.5) is 0 Å². The molecule has 0 aliphatic heterocycles. The summed E-state index contributed by atoms with van der Waals surface area (Å²) in [5, 5.41) is 0. The van der Waals surface area contributed by atoms with Gasteiger partial charge in [-0.2, -0.15) is 0 Å². The standard InChI is InChI=1S/C15H24/c1-11-6-7-12(2)15-9-5-8-13(15,3)10-14(11,15)4/h12H,1,5-10H2,2-4H3/t12-,13+,14?,15?/m1/s1. The van der Waals surface area contributed by atoms with Crippen LogP contribution in [0.2, 0.25) is 0 Å². The first-order chi connectivity index (χ1) is 6.96. The zero-order chi connectivity index (χ0) is 10.9. The second-order valence-electron chi connectivity index (χ2n) is 6.94. The summed E-state index contributed by atoms with van der Waals surface area (Å²) >= 11 is 0. The highest BCUT2D eigenvalue weighted by atomic mass is 14.8. The van der Waals surface area contributed by atoms with E-state index in [1.807, 2.05) is 0 Å². The van der Waals surface area contributed by atoms with Crippen molar-refractivity contribution in [2.45, 2.75) is 59.3 Å². The number of hydrogen-bond acceptors (Lipinski definition) is 0. The van der Waals surface area contributed by atoms with E-state index in [4.69, 9.17) is 0 Å². The molecule has 0 aromatic carbocycles. The van der Waals surface area contributed by atoms with Gasteiger partial charge in [-0.25, -0.2) is 0 Å². The molecule has 0 heterocycles. The van der Waals surface area contributed by atoms with Gasteiger partial charge in [0.25, 0.3) is 0 Å². The van der Waals surface area contributed by atoms with Crippen LogP contribution in [0.5, 0.6) is 0 Å². The quantitative estimate of drug-likeness (QED) is 0.507. The zero-order valence-corrected chi connectivity index (χ0v) is 10.5. The molecule has 1 spiro atoms. The van der Waals surface area contributed by atoms with Crippen LogP contribution in [0.3, 0.4) is 0 Å². The maximum atomic E-state index is 4.39. The summed E-state index contributed by atoms with van der Waals surface area (Å²) in [5.74, 6) is 0.925. The lowest BCUT2D eigenvalue weighted by Crippen LogP contribution is -2.65. The first kappa shape index (κ1) is 9.93. The van der Waals surface area contributed by atoms with Crippen LogP contribution in [0.15, 0.2) is 12.2 Å². The molecule has 0 aromatic rings. The minimum Gasteiger partial charge on any atom is -0.0993 e. The van der Waals surface area contributed by atoms with Crippen molar-refractivity contribution in [3.8, 4) is 0 Å². The van der Waals surface area contributed by atoms with E-state index in [1.165, 1.54) is 38.5 Å². The Bertz CT molecular complexity index is 329. The molecule has 2 unspecified atom stereocenters. The molecule has 3 saturated carbocycles. The molecule has 3 aliphatic carbocycles. The van der Waals surface area contributed by atoms with Crippen molar-refractivity contribution in [2.24, 2.45) is 22.2 Å². The van der Waals surface area contributed by atoms with Gasteiger partial charge in [-0.15, -0.1) is 0 Å². The largest absolute Gasteiger partial charge is 0.0993 e. The van der Waals surface area contributed by atoms with Gasteiger partial charge in [0, 0.05) is 0 Å². The molecule has 0 bridgehead atoms. The van der Waals surface area contributed by atoms with E-state index in [9.17, 15) is 0 Å². The highest BCUT2D eigenvalue weighted by Crippen LogP contribution is 2.81. The fourth-order valence-electron chi connectivity index (χ4n) is 6.04. The zero-order valence-electron chi connectivity index (χ0n) is 10.5. The van der Waals surface area contributed by atoms with Crippen molar-refractivity contribution in [1.82, 2.24) is 0 Å². The van der Waals surface area contributed by atoms with Crippen molar-refractivity contribution in [3.63, 3.8) is 0 Å². The van der Waals surface area contributed by atoms with Crippen LogP contribution in [0.25, 0.3) is 0 Å². The first-order valence-electron chi connectivity index (χ1n) is 6.65. The van der Waals surface area contributed by atoms with Gasteiger partial charge in [0.2, 0.25) is 0 Å². The maximum absolute atomic E-state index is 4.39. The van der Waals surface area contributed by atoms with Crippen molar-refractivity contribution in [3.05, 3.63) is 12.2 Å². The average Bonchev–Trinajstić information content (AvgIpc) is 2.44. The Morgan fingerprint density at radius 2 is 2.00 bits per heavy atom. The molecule has 84 valence electrons. The van der Waals surface area contributed by atoms with Gasteiger partial charge >= 0.3 is 0 Å². The summed E-state index contributed by atoms with van der Waals surface area (Å²) in [6.45, 7) is 12.0. The summed E-state index contributed by atoms with van der Waals surface area (Å²) in [6, 6.07) is 0. The molecule has 0 radical (unpaired) electrons. The normalized spacial score (nSPS) is 58.3. The first-order valence-corrected chi connectivity index (χ1v) is 6.65. The molecule has 0 saturated heterocycles. The predicted octanol–water partition coefficient (Wildman–Crippen LogP) is 4.56. The van der Waals surface area contributed by atoms with Gasteiger partial charge in [0.15, 0.2) is 0 Å². The van der Waals surface area contributed by atoms with Crippen LogP contribution >= 0.6 is 0 Å². The third kappa shape index (κ3) is 0.797. The lowest BCUT2D eigenvalue weighted by atomic mass is 9.31. The molecule has 0 nitrogen and oxygen atoms in total. The second kappa shape index (κ2) is 2.52. The molecule has 3 fully saturated rings. The lowest BCUT2D eigenvalue weighted by Gasteiger charge is -2.72. The third-order valence-electron chi connectivity index (χ3n) is 6.61. The van der Waals surface area contributed by atoms with E-state index in [1.54, 1.807) is 5.57 Å². The summed E-state index contributed by atoms with van der Waals surface area (Å²) in [5.41, 5.74) is 3.36. The topological polar surface area (TPSA) is 0 Å². The molecular weight excluding hydrogens is 180 g/mol. The summed E-state index contributed by atoms with van der Waals surface area (Å²) in [6.07, 6.45) is 8.51. The Kier molecular flexibility index (Phi) is 1.67. The van der Waals surface area contributed by atoms with Crippen LogP contribution in [-0.2, 0) is 0 Å². The fraction of sp³-hybridized carbons (Fsp3) is 0.867. The summed E-state index contributed by atoms with van der Waals surface area (Å²) in [7, 11) is 0. The van der Waals surface area contributed by atoms with Gasteiger partial charge in [-0.1, -0.05) is 39.3 Å². The van der Waals surface area contributed by atoms with E-state index in [0.717, 1.165) is 5.92 Å². The molecule has 0 N–H and O–H groups in total. The Labute approximate surface area is 94.1 Å². The lowest BCUT2D eigenvalue weighted by molar-refractivity contribution is -0.206. The van der Waals surface area contributed by atoms with Gasteiger partial charge in [-0.3, -0.25) is 0 Å². The highest BCUT2D eigenvalue weighted by molar-refractivity contribution is 5.33. The average molecular weight is 204 g/mol. The Hall–Kier alpha value is -0.260. The minimum absolute atomic E-state index is 0.496.